The molecule has 3 heterocycles. The number of amides is 2. The highest BCUT2D eigenvalue weighted by Gasteiger charge is 2.13. The zero-order valence-electron chi connectivity index (χ0n) is 18.6. The minimum atomic E-state index is -0.370. The Bertz CT molecular complexity index is 1470. The van der Waals surface area contributed by atoms with Crippen molar-refractivity contribution in [3.05, 3.63) is 90.5 Å². The van der Waals surface area contributed by atoms with E-state index >= 15 is 0 Å². The van der Waals surface area contributed by atoms with E-state index in [0.29, 0.717) is 22.9 Å². The molecule has 2 N–H and O–H groups in total. The molecule has 12 nitrogen and oxygen atoms in total. The van der Waals surface area contributed by atoms with E-state index in [-0.39, 0.29) is 24.2 Å². The fraction of sp³-hybridized carbons (Fsp3) is 0.0870. The quantitative estimate of drug-likeness (QED) is 0.374. The summed E-state index contributed by atoms with van der Waals surface area (Å²) in [6.45, 7) is 0.206. The summed E-state index contributed by atoms with van der Waals surface area (Å²) in [5.41, 5.74) is 2.56. The van der Waals surface area contributed by atoms with Crippen LogP contribution in [0.5, 0.6) is 0 Å². The molecule has 3 aromatic heterocycles. The smallest absolute Gasteiger partial charge is 0.276 e. The number of aryl methyl sites for hydroxylation is 1. The molecule has 0 unspecified atom stereocenters. The van der Waals surface area contributed by atoms with Gasteiger partial charge in [-0.15, -0.1) is 15.0 Å². The fourth-order valence-corrected chi connectivity index (χ4v) is 3.26. The molecule has 5 aromatic rings. The Morgan fingerprint density at radius 1 is 0.771 bits per heavy atom. The highest BCUT2D eigenvalue weighted by atomic mass is 16.2. The van der Waals surface area contributed by atoms with Gasteiger partial charge >= 0.3 is 0 Å². The van der Waals surface area contributed by atoms with Gasteiger partial charge in [-0.1, -0.05) is 30.3 Å². The van der Waals surface area contributed by atoms with Gasteiger partial charge in [0.25, 0.3) is 11.8 Å². The number of hydrogen-bond donors (Lipinski definition) is 2. The highest BCUT2D eigenvalue weighted by Crippen LogP contribution is 2.15. The second-order valence-corrected chi connectivity index (χ2v) is 7.59. The Kier molecular flexibility index (Phi) is 5.82. The van der Waals surface area contributed by atoms with Gasteiger partial charge in [0.15, 0.2) is 18.1 Å². The average Bonchev–Trinajstić information content (AvgIpc) is 3.63. The van der Waals surface area contributed by atoms with Gasteiger partial charge in [0.1, 0.15) is 0 Å². The van der Waals surface area contributed by atoms with Gasteiger partial charge in [0.2, 0.25) is 5.82 Å². The minimum Gasteiger partial charge on any atom is -0.321 e. The second-order valence-electron chi connectivity index (χ2n) is 7.59. The first-order valence-corrected chi connectivity index (χ1v) is 10.6. The number of hydrogen-bond acceptors (Lipinski definition) is 7. The van der Waals surface area contributed by atoms with E-state index in [2.05, 4.69) is 36.2 Å². The van der Waals surface area contributed by atoms with Crippen LogP contribution in [0.1, 0.15) is 21.0 Å². The van der Waals surface area contributed by atoms with Gasteiger partial charge in [-0.3, -0.25) is 14.3 Å². The molecule has 2 amide bonds. The van der Waals surface area contributed by atoms with Crippen LogP contribution in [0.3, 0.4) is 0 Å². The first-order chi connectivity index (χ1) is 17.0. The number of nitrogens with one attached hydrogen (secondary N) is 2. The van der Waals surface area contributed by atoms with Gasteiger partial charge in [0.05, 0.1) is 0 Å². The third-order valence-electron chi connectivity index (χ3n) is 4.98. The molecule has 35 heavy (non-hydrogen) atoms. The highest BCUT2D eigenvalue weighted by molar-refractivity contribution is 6.04. The first-order valence-electron chi connectivity index (χ1n) is 10.6. The standard InChI is InChI=1S/C23H20N10O2/c1-31-13-11-19(27-31)22(34)24-17-7-9-18(10-8-17)25-23(35)20-12-14-32(28-20)15-33-29-21(26-30-33)16-5-3-2-4-6-16/h2-14H,15H2,1H3,(H,24,34)(H,25,35). The van der Waals surface area contributed by atoms with E-state index in [9.17, 15) is 9.59 Å². The van der Waals surface area contributed by atoms with Crippen molar-refractivity contribution in [2.45, 2.75) is 6.67 Å². The number of carbonyl (C=O) groups excluding carboxylic acids is 2. The van der Waals surface area contributed by atoms with Crippen LogP contribution >= 0.6 is 0 Å². The maximum absolute atomic E-state index is 12.6. The van der Waals surface area contributed by atoms with Crippen molar-refractivity contribution in [3.8, 4) is 11.4 Å². The van der Waals surface area contributed by atoms with Crippen LogP contribution in [0, 0.1) is 0 Å². The maximum atomic E-state index is 12.6. The van der Waals surface area contributed by atoms with Gasteiger partial charge in [-0.25, -0.2) is 4.68 Å². The van der Waals surface area contributed by atoms with Crippen LogP contribution < -0.4 is 10.6 Å². The number of rotatable bonds is 7. The van der Waals surface area contributed by atoms with Crippen LogP contribution in [0.15, 0.2) is 79.1 Å². The van der Waals surface area contributed by atoms with E-state index < -0.39 is 0 Å². The number of tetrazole rings is 1. The largest absolute Gasteiger partial charge is 0.321 e. The van der Waals surface area contributed by atoms with Crippen LogP contribution in [0.4, 0.5) is 11.4 Å². The third kappa shape index (κ3) is 5.11. The number of carbonyl (C=O) groups is 2. The van der Waals surface area contributed by atoms with Crippen LogP contribution in [-0.4, -0.2) is 51.6 Å². The van der Waals surface area contributed by atoms with E-state index in [4.69, 9.17) is 0 Å². The lowest BCUT2D eigenvalue weighted by molar-refractivity contribution is 0.101. The van der Waals surface area contributed by atoms with Crippen molar-refractivity contribution in [2.24, 2.45) is 7.05 Å². The summed E-state index contributed by atoms with van der Waals surface area (Å²) in [4.78, 5) is 26.2. The SMILES string of the molecule is Cn1ccc(C(=O)Nc2ccc(NC(=O)c3ccn(Cn4nnc(-c5ccccc5)n4)n3)cc2)n1. The number of benzene rings is 2. The monoisotopic (exact) mass is 468 g/mol. The molecule has 5 rings (SSSR count). The Hall–Kier alpha value is -5.13. The molecule has 0 fully saturated rings. The molecule has 174 valence electrons. The van der Waals surface area contributed by atoms with Crippen LogP contribution in [0.2, 0.25) is 0 Å². The first kappa shape index (κ1) is 21.7. The fourth-order valence-electron chi connectivity index (χ4n) is 3.26. The van der Waals surface area contributed by atoms with Crippen LogP contribution in [-0.2, 0) is 13.7 Å². The molecule has 0 aliphatic heterocycles. The molecule has 0 saturated heterocycles. The predicted molar refractivity (Wildman–Crippen MR) is 126 cm³/mol. The van der Waals surface area contributed by atoms with Crippen molar-refractivity contribution in [1.82, 2.24) is 39.8 Å². The second kappa shape index (κ2) is 9.39. The third-order valence-corrected chi connectivity index (χ3v) is 4.98. The Morgan fingerprint density at radius 2 is 1.40 bits per heavy atom. The Morgan fingerprint density at radius 3 is 2.03 bits per heavy atom. The number of nitrogens with zero attached hydrogens (tertiary/aromatic N) is 8. The summed E-state index contributed by atoms with van der Waals surface area (Å²) in [5, 5.41) is 26.3. The van der Waals surface area contributed by atoms with E-state index in [0.717, 1.165) is 5.56 Å². The molecular weight excluding hydrogens is 448 g/mol. The lowest BCUT2D eigenvalue weighted by Crippen LogP contribution is -2.16. The van der Waals surface area contributed by atoms with Crippen LogP contribution in [0.25, 0.3) is 11.4 Å². The predicted octanol–water partition coefficient (Wildman–Crippen LogP) is 2.28. The Labute approximate surface area is 199 Å². The molecule has 0 bridgehead atoms. The summed E-state index contributed by atoms with van der Waals surface area (Å²) in [6.07, 6.45) is 3.36. The zero-order valence-corrected chi connectivity index (χ0v) is 18.6. The van der Waals surface area contributed by atoms with Gasteiger partial charge in [-0.2, -0.15) is 10.2 Å². The zero-order chi connectivity index (χ0) is 24.2. The minimum absolute atomic E-state index is 0.206. The summed E-state index contributed by atoms with van der Waals surface area (Å²) < 4.78 is 3.10. The van der Waals surface area contributed by atoms with Crippen molar-refractivity contribution in [1.29, 1.82) is 0 Å². The van der Waals surface area contributed by atoms with E-state index in [1.807, 2.05) is 30.3 Å². The van der Waals surface area contributed by atoms with Crippen molar-refractivity contribution < 1.29 is 9.59 Å². The summed E-state index contributed by atoms with van der Waals surface area (Å²) >= 11 is 0. The number of aromatic nitrogens is 8. The summed E-state index contributed by atoms with van der Waals surface area (Å²) in [5.74, 6) is -0.174. The summed E-state index contributed by atoms with van der Waals surface area (Å²) in [6, 6.07) is 19.5. The molecule has 2 aromatic carbocycles. The molecular formula is C23H20N10O2. The van der Waals surface area contributed by atoms with Gasteiger partial charge in [-0.05, 0) is 41.6 Å². The molecule has 0 saturated carbocycles. The topological polar surface area (TPSA) is 137 Å². The maximum Gasteiger partial charge on any atom is 0.276 e. The average molecular weight is 468 g/mol. The molecule has 12 heteroatoms. The molecule has 0 spiro atoms. The van der Waals surface area contributed by atoms with E-state index in [1.54, 1.807) is 65.2 Å². The van der Waals surface area contributed by atoms with E-state index in [1.165, 1.54) is 4.80 Å². The molecule has 0 atom stereocenters. The number of anilines is 2. The van der Waals surface area contributed by atoms with Crippen molar-refractivity contribution in [3.63, 3.8) is 0 Å². The van der Waals surface area contributed by atoms with Gasteiger partial charge < -0.3 is 10.6 Å². The summed E-state index contributed by atoms with van der Waals surface area (Å²) in [7, 11) is 1.74. The van der Waals surface area contributed by atoms with Crippen molar-refractivity contribution >= 4 is 23.2 Å². The molecule has 0 aliphatic rings. The normalized spacial score (nSPS) is 10.8. The molecule has 0 aliphatic carbocycles. The Balaban J connectivity index is 1.18. The van der Waals surface area contributed by atoms with Gasteiger partial charge in [0, 0.05) is 36.4 Å². The lowest BCUT2D eigenvalue weighted by atomic mass is 10.2. The lowest BCUT2D eigenvalue weighted by Gasteiger charge is -2.06. The van der Waals surface area contributed by atoms with Crippen molar-refractivity contribution in [2.75, 3.05) is 10.6 Å². The molecule has 0 radical (unpaired) electrons.